The van der Waals surface area contributed by atoms with E-state index in [2.05, 4.69) is 15.3 Å². The van der Waals surface area contributed by atoms with Crippen LogP contribution in [0.4, 0.5) is 9.52 Å². The minimum Gasteiger partial charge on any atom is -0.484 e. The minimum atomic E-state index is -1.10. The van der Waals surface area contributed by atoms with Crippen molar-refractivity contribution >= 4 is 38.6 Å². The molecule has 0 saturated carbocycles. The summed E-state index contributed by atoms with van der Waals surface area (Å²) in [4.78, 5) is 31.1. The highest BCUT2D eigenvalue weighted by molar-refractivity contribution is 7.22. The Balaban J connectivity index is 1.67. The van der Waals surface area contributed by atoms with Gasteiger partial charge in [-0.15, -0.1) is 0 Å². The standard InChI is InChI=1S/C22H18FN3O4S/c1-11-15(23)10-16(24-11)20(27)26-22-25-19-17(8-14(21(28)29)9-18(19)31-22)30-12(2)13-6-4-3-5-7-13/h3-10,12,24H,1-2H3,(H,28,29)(H,25,26,27)/t12-/m1/s1. The first-order valence-corrected chi connectivity index (χ1v) is 10.2. The molecule has 158 valence electrons. The number of carboxylic acids is 1. The van der Waals surface area contributed by atoms with Gasteiger partial charge in [-0.2, -0.15) is 0 Å². The average Bonchev–Trinajstić information content (AvgIpc) is 3.31. The first-order chi connectivity index (χ1) is 14.8. The van der Waals surface area contributed by atoms with Crippen LogP contribution in [0.3, 0.4) is 0 Å². The summed E-state index contributed by atoms with van der Waals surface area (Å²) in [6.45, 7) is 3.38. The van der Waals surface area contributed by atoms with Gasteiger partial charge in [0.2, 0.25) is 0 Å². The van der Waals surface area contributed by atoms with E-state index in [9.17, 15) is 19.1 Å². The monoisotopic (exact) mass is 439 g/mol. The van der Waals surface area contributed by atoms with Crippen LogP contribution in [0, 0.1) is 12.7 Å². The molecule has 2 heterocycles. The molecule has 7 nitrogen and oxygen atoms in total. The first kappa shape index (κ1) is 20.5. The summed E-state index contributed by atoms with van der Waals surface area (Å²) in [6.07, 6.45) is -0.349. The molecule has 1 atom stereocenters. The van der Waals surface area contributed by atoms with Gasteiger partial charge >= 0.3 is 5.97 Å². The van der Waals surface area contributed by atoms with Gasteiger partial charge < -0.3 is 14.8 Å². The summed E-state index contributed by atoms with van der Waals surface area (Å²) < 4.78 is 20.1. The lowest BCUT2D eigenvalue weighted by atomic mass is 10.1. The lowest BCUT2D eigenvalue weighted by Gasteiger charge is -2.15. The summed E-state index contributed by atoms with van der Waals surface area (Å²) in [5, 5.41) is 12.3. The lowest BCUT2D eigenvalue weighted by Crippen LogP contribution is -2.12. The van der Waals surface area contributed by atoms with Crippen LogP contribution in [0.1, 0.15) is 45.1 Å². The molecule has 4 aromatic rings. The van der Waals surface area contributed by atoms with Crippen molar-refractivity contribution in [3.05, 3.63) is 76.9 Å². The van der Waals surface area contributed by atoms with Crippen molar-refractivity contribution < 1.29 is 23.8 Å². The molecule has 0 spiro atoms. The lowest BCUT2D eigenvalue weighted by molar-refractivity contribution is 0.0696. The van der Waals surface area contributed by atoms with Crippen LogP contribution in [0.25, 0.3) is 10.2 Å². The molecular weight excluding hydrogens is 421 g/mol. The summed E-state index contributed by atoms with van der Waals surface area (Å²) in [7, 11) is 0. The number of hydrogen-bond donors (Lipinski definition) is 3. The number of halogens is 1. The van der Waals surface area contributed by atoms with E-state index in [1.54, 1.807) is 0 Å². The number of anilines is 1. The Morgan fingerprint density at radius 1 is 1.23 bits per heavy atom. The number of hydrogen-bond acceptors (Lipinski definition) is 5. The molecule has 0 aliphatic rings. The molecule has 0 aliphatic heterocycles. The van der Waals surface area contributed by atoms with Crippen LogP contribution in [0.15, 0.2) is 48.5 Å². The van der Waals surface area contributed by atoms with Gasteiger partial charge in [0.15, 0.2) is 5.13 Å². The highest BCUT2D eigenvalue weighted by atomic mass is 32.1. The summed E-state index contributed by atoms with van der Waals surface area (Å²) >= 11 is 1.11. The van der Waals surface area contributed by atoms with Crippen molar-refractivity contribution in [1.29, 1.82) is 0 Å². The number of nitrogens with zero attached hydrogens (tertiary/aromatic N) is 1. The van der Waals surface area contributed by atoms with E-state index in [4.69, 9.17) is 4.74 Å². The average molecular weight is 439 g/mol. The van der Waals surface area contributed by atoms with Gasteiger partial charge in [-0.3, -0.25) is 10.1 Å². The van der Waals surface area contributed by atoms with Crippen molar-refractivity contribution in [2.24, 2.45) is 0 Å². The number of carbonyl (C=O) groups excluding carboxylic acids is 1. The van der Waals surface area contributed by atoms with Crippen LogP contribution in [-0.4, -0.2) is 27.0 Å². The number of aryl methyl sites for hydroxylation is 1. The molecule has 9 heteroatoms. The maximum absolute atomic E-state index is 13.5. The van der Waals surface area contributed by atoms with E-state index >= 15 is 0 Å². The molecular formula is C22H18FN3O4S. The molecule has 0 saturated heterocycles. The van der Waals surface area contributed by atoms with Gasteiger partial charge in [0.25, 0.3) is 5.91 Å². The van der Waals surface area contributed by atoms with Gasteiger partial charge in [0.05, 0.1) is 10.3 Å². The SMILES string of the molecule is Cc1[nH]c(C(=O)Nc2nc3c(O[C@H](C)c4ccccc4)cc(C(=O)O)cc3s2)cc1F. The van der Waals surface area contributed by atoms with E-state index in [0.717, 1.165) is 23.0 Å². The number of aromatic carboxylic acids is 1. The summed E-state index contributed by atoms with van der Waals surface area (Å²) in [5.74, 6) is -1.86. The molecule has 31 heavy (non-hydrogen) atoms. The Bertz CT molecular complexity index is 1260. The number of benzene rings is 2. The summed E-state index contributed by atoms with van der Waals surface area (Å²) in [6, 6.07) is 13.5. The first-order valence-electron chi connectivity index (χ1n) is 9.37. The van der Waals surface area contributed by atoms with Gasteiger partial charge in [0.1, 0.15) is 28.9 Å². The van der Waals surface area contributed by atoms with Crippen LogP contribution >= 0.6 is 11.3 Å². The topological polar surface area (TPSA) is 104 Å². The second kappa shape index (κ2) is 8.19. The van der Waals surface area contributed by atoms with Crippen molar-refractivity contribution in [2.45, 2.75) is 20.0 Å². The van der Waals surface area contributed by atoms with Gasteiger partial charge in [-0.1, -0.05) is 41.7 Å². The number of fused-ring (bicyclic) bond motifs is 1. The number of carbonyl (C=O) groups is 2. The predicted octanol–water partition coefficient (Wildman–Crippen LogP) is 5.16. The van der Waals surface area contributed by atoms with Crippen LogP contribution in [0.5, 0.6) is 5.75 Å². The molecule has 4 rings (SSSR count). The number of thiazole rings is 1. The third-order valence-corrected chi connectivity index (χ3v) is 5.61. The minimum absolute atomic E-state index is 0.0475. The normalized spacial score (nSPS) is 12.0. The van der Waals surface area contributed by atoms with E-state index in [0.29, 0.717) is 16.0 Å². The third kappa shape index (κ3) is 4.26. The number of ether oxygens (including phenoxy) is 1. The fourth-order valence-corrected chi connectivity index (χ4v) is 3.99. The fourth-order valence-electron chi connectivity index (χ4n) is 3.07. The predicted molar refractivity (Wildman–Crippen MR) is 116 cm³/mol. The smallest absolute Gasteiger partial charge is 0.335 e. The number of amides is 1. The van der Waals surface area contributed by atoms with E-state index < -0.39 is 17.7 Å². The zero-order valence-electron chi connectivity index (χ0n) is 16.6. The molecule has 2 aromatic carbocycles. The number of aromatic amines is 1. The highest BCUT2D eigenvalue weighted by Gasteiger charge is 2.19. The fraction of sp³-hybridized carbons (Fsp3) is 0.136. The Hall–Kier alpha value is -3.72. The summed E-state index contributed by atoms with van der Waals surface area (Å²) in [5.41, 5.74) is 1.72. The van der Waals surface area contributed by atoms with E-state index in [-0.39, 0.29) is 28.2 Å². The molecule has 0 aliphatic carbocycles. The van der Waals surface area contributed by atoms with Crippen molar-refractivity contribution in [1.82, 2.24) is 9.97 Å². The number of carboxylic acid groups (broad SMARTS) is 1. The van der Waals surface area contributed by atoms with Gasteiger partial charge in [-0.05, 0) is 31.5 Å². The maximum Gasteiger partial charge on any atom is 0.335 e. The quantitative estimate of drug-likeness (QED) is 0.385. The number of rotatable bonds is 6. The second-order valence-corrected chi connectivity index (χ2v) is 7.96. The zero-order chi connectivity index (χ0) is 22.1. The zero-order valence-corrected chi connectivity index (χ0v) is 17.4. The molecule has 3 N–H and O–H groups in total. The highest BCUT2D eigenvalue weighted by Crippen LogP contribution is 2.36. The van der Waals surface area contributed by atoms with Gasteiger partial charge in [0, 0.05) is 11.8 Å². The Morgan fingerprint density at radius 2 is 1.97 bits per heavy atom. The largest absolute Gasteiger partial charge is 0.484 e. The Labute approximate surface area is 180 Å². The molecule has 0 fully saturated rings. The number of nitrogens with one attached hydrogen (secondary N) is 2. The second-order valence-electron chi connectivity index (χ2n) is 6.93. The van der Waals surface area contributed by atoms with Crippen LogP contribution in [-0.2, 0) is 0 Å². The van der Waals surface area contributed by atoms with Crippen LogP contribution in [0.2, 0.25) is 0 Å². The van der Waals surface area contributed by atoms with E-state index in [1.165, 1.54) is 19.1 Å². The molecule has 0 unspecified atom stereocenters. The van der Waals surface area contributed by atoms with Crippen molar-refractivity contribution in [3.8, 4) is 5.75 Å². The number of aromatic nitrogens is 2. The Kier molecular flexibility index (Phi) is 5.43. The van der Waals surface area contributed by atoms with Crippen molar-refractivity contribution in [3.63, 3.8) is 0 Å². The number of H-pyrrole nitrogens is 1. The molecule has 0 bridgehead atoms. The third-order valence-electron chi connectivity index (χ3n) is 4.70. The molecule has 2 aromatic heterocycles. The van der Waals surface area contributed by atoms with Gasteiger partial charge in [-0.25, -0.2) is 14.2 Å². The van der Waals surface area contributed by atoms with Crippen molar-refractivity contribution in [2.75, 3.05) is 5.32 Å². The molecule has 1 amide bonds. The maximum atomic E-state index is 13.5. The van der Waals surface area contributed by atoms with Crippen LogP contribution < -0.4 is 10.1 Å². The molecule has 0 radical (unpaired) electrons. The Morgan fingerprint density at radius 3 is 2.61 bits per heavy atom. The van der Waals surface area contributed by atoms with E-state index in [1.807, 2.05) is 37.3 Å².